The monoisotopic (exact) mass is 676 g/mol. The average molecular weight is 677 g/mol. The van der Waals surface area contributed by atoms with Crippen molar-refractivity contribution in [3.05, 3.63) is 71.7 Å². The van der Waals surface area contributed by atoms with Gasteiger partial charge in [-0.2, -0.15) is 0 Å². The van der Waals surface area contributed by atoms with Gasteiger partial charge in [0.15, 0.2) is 23.0 Å². The number of aliphatic hydroxyl groups excluding tert-OH is 2. The van der Waals surface area contributed by atoms with Gasteiger partial charge in [0.1, 0.15) is 24.4 Å². The number of ether oxygens (including phenoxy) is 5. The van der Waals surface area contributed by atoms with Crippen molar-refractivity contribution in [2.24, 2.45) is 0 Å². The first-order valence-electron chi connectivity index (χ1n) is 13.1. The highest BCUT2D eigenvalue weighted by Crippen LogP contribution is 2.67. The zero-order chi connectivity index (χ0) is 31.0. The quantitative estimate of drug-likeness (QED) is 0.353. The van der Waals surface area contributed by atoms with Crippen LogP contribution in [0.15, 0.2) is 60.6 Å². The van der Waals surface area contributed by atoms with Crippen molar-refractivity contribution in [3.63, 3.8) is 0 Å². The third-order valence-corrected chi connectivity index (χ3v) is 15.5. The van der Waals surface area contributed by atoms with E-state index in [2.05, 4.69) is 0 Å². The number of hydrogen-bond acceptors (Lipinski definition) is 14. The van der Waals surface area contributed by atoms with Gasteiger partial charge in [-0.25, -0.2) is 4.79 Å². The first-order chi connectivity index (χ1) is 21.2. The second-order valence-corrected chi connectivity index (χ2v) is 16.4. The smallest absolute Gasteiger partial charge is 0.338 e. The van der Waals surface area contributed by atoms with E-state index >= 15 is 0 Å². The molecule has 4 fully saturated rings. The summed E-state index contributed by atoms with van der Waals surface area (Å²) in [4.78, 5) is 41.8. The van der Waals surface area contributed by atoms with Crippen LogP contribution < -0.4 is 14.2 Å². The molecule has 12 nitrogen and oxygen atoms in total. The van der Waals surface area contributed by atoms with Crippen molar-refractivity contribution in [2.45, 2.75) is 34.1 Å². The van der Waals surface area contributed by atoms with E-state index in [-0.39, 0.29) is 28.2 Å². The number of aliphatic hydroxyl groups is 2. The lowest BCUT2D eigenvalue weighted by atomic mass is 9.93. The van der Waals surface area contributed by atoms with Gasteiger partial charge in [-0.3, -0.25) is 9.59 Å². The molecule has 44 heavy (non-hydrogen) atoms. The van der Waals surface area contributed by atoms with Gasteiger partial charge in [0.25, 0.3) is 11.8 Å². The molecule has 0 saturated carbocycles. The van der Waals surface area contributed by atoms with Crippen LogP contribution in [0, 0.1) is 0 Å². The lowest BCUT2D eigenvalue weighted by molar-refractivity contribution is -0.174. The lowest BCUT2D eigenvalue weighted by Crippen LogP contribution is -2.76. The van der Waals surface area contributed by atoms with Crippen LogP contribution in [-0.4, -0.2) is 87.1 Å². The normalized spacial score (nSPS) is 32.2. The van der Waals surface area contributed by atoms with Gasteiger partial charge in [-0.15, -0.1) is 0 Å². The van der Waals surface area contributed by atoms with Crippen molar-refractivity contribution >= 4 is 59.0 Å². The van der Waals surface area contributed by atoms with Gasteiger partial charge in [0.2, 0.25) is 9.74 Å². The minimum absolute atomic E-state index is 0.105. The summed E-state index contributed by atoms with van der Waals surface area (Å²) in [7, 11) is 8.77. The SMILES string of the molecule is COc1ccc2cc1Oc1cc(ccc1OC)[C@H](O)[C@]13SSSS[C@@]4(C(=O)N1C)[C@H](O)C1=COC=C[C@H](OC2=O)[C@H]1N4C3=O. The summed E-state index contributed by atoms with van der Waals surface area (Å²) in [6.45, 7) is 0. The number of benzene rings is 2. The van der Waals surface area contributed by atoms with E-state index in [1.54, 1.807) is 18.2 Å². The fourth-order valence-electron chi connectivity index (χ4n) is 6.05. The van der Waals surface area contributed by atoms with Gasteiger partial charge < -0.3 is 43.7 Å². The molecule has 7 bridgehead atoms. The molecule has 6 atom stereocenters. The molecule has 230 valence electrons. The van der Waals surface area contributed by atoms with E-state index in [0.717, 1.165) is 21.6 Å². The molecule has 16 heteroatoms. The van der Waals surface area contributed by atoms with Crippen LogP contribution in [0.5, 0.6) is 23.0 Å². The summed E-state index contributed by atoms with van der Waals surface area (Å²) in [6.07, 6.45) is -0.278. The summed E-state index contributed by atoms with van der Waals surface area (Å²) in [5.41, 5.74) is 0.530. The van der Waals surface area contributed by atoms with Crippen molar-refractivity contribution in [1.82, 2.24) is 9.80 Å². The number of likely N-dealkylation sites (N-methyl/N-ethyl adjacent to an activating group) is 1. The molecule has 4 saturated heterocycles. The molecule has 8 rings (SSSR count). The van der Waals surface area contributed by atoms with Crippen LogP contribution in [0.1, 0.15) is 22.0 Å². The van der Waals surface area contributed by atoms with Crippen molar-refractivity contribution in [3.8, 4) is 23.0 Å². The number of esters is 1. The average Bonchev–Trinajstić information content (AvgIpc) is 3.12. The highest BCUT2D eigenvalue weighted by Gasteiger charge is 2.75. The van der Waals surface area contributed by atoms with Gasteiger partial charge in [-0.05, 0) is 83.2 Å². The number of methoxy groups -OCH3 is 2. The van der Waals surface area contributed by atoms with Gasteiger partial charge in [-0.1, -0.05) is 6.07 Å². The van der Waals surface area contributed by atoms with Crippen LogP contribution >= 0.6 is 41.2 Å². The molecule has 0 unspecified atom stereocenters. The van der Waals surface area contributed by atoms with Crippen LogP contribution in [0.4, 0.5) is 0 Å². The van der Waals surface area contributed by atoms with Crippen molar-refractivity contribution in [1.29, 1.82) is 0 Å². The van der Waals surface area contributed by atoms with Gasteiger partial charge in [0, 0.05) is 12.6 Å². The van der Waals surface area contributed by atoms with Crippen molar-refractivity contribution < 1.29 is 48.3 Å². The number of rotatable bonds is 2. The topological polar surface area (TPSA) is 144 Å². The third-order valence-electron chi connectivity index (χ3n) is 8.25. The molecule has 0 radical (unpaired) electrons. The Hall–Kier alpha value is -3.15. The Bertz CT molecular complexity index is 1650. The second-order valence-electron chi connectivity index (χ2n) is 10.3. The maximum atomic E-state index is 15.0. The van der Waals surface area contributed by atoms with Crippen LogP contribution in [0.25, 0.3) is 0 Å². The Balaban J connectivity index is 1.51. The zero-order valence-electron chi connectivity index (χ0n) is 23.2. The van der Waals surface area contributed by atoms with E-state index in [4.69, 9.17) is 23.7 Å². The number of hydrogen-bond donors (Lipinski definition) is 2. The molecule has 2 amide bonds. The predicted octanol–water partition coefficient (Wildman–Crippen LogP) is 3.62. The molecule has 0 aliphatic carbocycles. The molecule has 6 heterocycles. The number of piperazine rings is 1. The minimum Gasteiger partial charge on any atom is -0.493 e. The number of carbonyl (C=O) groups excluding carboxylic acids is 3. The number of carbonyl (C=O) groups is 3. The maximum Gasteiger partial charge on any atom is 0.338 e. The first-order valence-corrected chi connectivity index (χ1v) is 18.0. The molecular weight excluding hydrogens is 653 g/mol. The Morgan fingerprint density at radius 1 is 0.886 bits per heavy atom. The minimum atomic E-state index is -1.90. The molecule has 6 aliphatic heterocycles. The van der Waals surface area contributed by atoms with E-state index in [9.17, 15) is 24.6 Å². The van der Waals surface area contributed by atoms with E-state index in [1.165, 1.54) is 87.5 Å². The van der Waals surface area contributed by atoms with E-state index < -0.39 is 51.9 Å². The number of amides is 2. The summed E-state index contributed by atoms with van der Waals surface area (Å²) < 4.78 is 28.7. The Morgan fingerprint density at radius 2 is 1.57 bits per heavy atom. The number of nitrogens with zero attached hydrogens (tertiary/aromatic N) is 2. The van der Waals surface area contributed by atoms with Crippen LogP contribution in [0.2, 0.25) is 0 Å². The van der Waals surface area contributed by atoms with E-state index in [1.807, 2.05) is 0 Å². The van der Waals surface area contributed by atoms with Crippen LogP contribution in [0.3, 0.4) is 0 Å². The molecular formula is C28H24N2O10S4. The van der Waals surface area contributed by atoms with E-state index in [0.29, 0.717) is 11.5 Å². The Kier molecular flexibility index (Phi) is 7.21. The number of fused-ring (bicyclic) bond motifs is 8. The Labute approximate surface area is 266 Å². The molecule has 2 spiro atoms. The first kappa shape index (κ1) is 29.6. The third kappa shape index (κ3) is 3.94. The van der Waals surface area contributed by atoms with Gasteiger partial charge in [0.05, 0.1) is 32.3 Å². The summed E-state index contributed by atoms with van der Waals surface area (Å²) in [6, 6.07) is 8.02. The zero-order valence-corrected chi connectivity index (χ0v) is 26.5. The summed E-state index contributed by atoms with van der Waals surface area (Å²) in [5, 5.41) is 23.9. The lowest BCUT2D eigenvalue weighted by Gasteiger charge is -2.56. The second kappa shape index (κ2) is 10.7. The molecule has 2 aromatic rings. The van der Waals surface area contributed by atoms with Crippen molar-refractivity contribution in [2.75, 3.05) is 21.3 Å². The maximum absolute atomic E-state index is 15.0. The molecule has 2 N–H and O–H groups in total. The highest BCUT2D eigenvalue weighted by molar-refractivity contribution is 9.26. The molecule has 6 aliphatic rings. The fraction of sp³-hybridized carbons (Fsp3) is 0.321. The van der Waals surface area contributed by atoms with Crippen LogP contribution in [-0.2, 0) is 19.1 Å². The highest BCUT2D eigenvalue weighted by atomic mass is 33.7. The summed E-state index contributed by atoms with van der Waals surface area (Å²) in [5.74, 6) is -1.11. The largest absolute Gasteiger partial charge is 0.493 e. The summed E-state index contributed by atoms with van der Waals surface area (Å²) >= 11 is 0. The van der Waals surface area contributed by atoms with Gasteiger partial charge >= 0.3 is 5.97 Å². The fourth-order valence-corrected chi connectivity index (χ4v) is 13.8. The predicted molar refractivity (Wildman–Crippen MR) is 164 cm³/mol. The standard InChI is InChI=1S/C28H24N2O10S4/c1-29-25(34)28-23(32)15-12-38-9-8-18-21(15)30(28)26(35)27(29,41-43-44-42-28)22(31)13-4-6-16(36-2)19(10-13)39-20-11-14(24(33)40-18)5-7-17(20)37-3/h4-12,18,21-23,31-32H,1-3H3/t18-,21-,22-,23+,27+,28+/m0/s1. The molecule has 2 aromatic carbocycles. The molecule has 0 aromatic heterocycles. The Morgan fingerprint density at radius 3 is 2.30 bits per heavy atom.